The standard InChI is InChI=1S/C17H11Cl2N3O5/c18-9-2-4-11(13(19)5-9)14(23)21-22-16(25)15(24)20-10-3-1-8-7-27-17(26)12(8)6-10/h1-6H,7H2,(H,20,24)(H,21,23)(H,22,25). The molecule has 1 aliphatic heterocycles. The Labute approximate surface area is 162 Å². The Morgan fingerprint density at radius 2 is 1.74 bits per heavy atom. The van der Waals surface area contributed by atoms with Crippen molar-refractivity contribution in [2.24, 2.45) is 0 Å². The predicted molar refractivity (Wildman–Crippen MR) is 96.3 cm³/mol. The molecule has 138 valence electrons. The van der Waals surface area contributed by atoms with E-state index in [4.69, 9.17) is 27.9 Å². The van der Waals surface area contributed by atoms with Crippen LogP contribution in [0.15, 0.2) is 36.4 Å². The lowest BCUT2D eigenvalue weighted by Gasteiger charge is -2.09. The third-order valence-corrected chi connectivity index (χ3v) is 4.17. The van der Waals surface area contributed by atoms with Crippen LogP contribution >= 0.6 is 23.2 Å². The van der Waals surface area contributed by atoms with Gasteiger partial charge in [0.1, 0.15) is 6.61 Å². The SMILES string of the molecule is O=C(NNC(=O)c1ccc(Cl)cc1Cl)C(=O)Nc1ccc2c(c1)C(=O)OC2. The average Bonchev–Trinajstić information content (AvgIpc) is 3.00. The lowest BCUT2D eigenvalue weighted by molar-refractivity contribution is -0.136. The van der Waals surface area contributed by atoms with Crippen LogP contribution in [0.5, 0.6) is 0 Å². The van der Waals surface area contributed by atoms with E-state index in [2.05, 4.69) is 10.7 Å². The van der Waals surface area contributed by atoms with E-state index in [1.165, 1.54) is 30.3 Å². The van der Waals surface area contributed by atoms with Gasteiger partial charge < -0.3 is 10.1 Å². The first-order valence-corrected chi connectivity index (χ1v) is 8.27. The summed E-state index contributed by atoms with van der Waals surface area (Å²) in [5.41, 5.74) is 5.36. The molecule has 0 unspecified atom stereocenters. The highest BCUT2D eigenvalue weighted by molar-refractivity contribution is 6.40. The molecule has 1 aliphatic rings. The molecule has 3 amide bonds. The normalized spacial score (nSPS) is 12.0. The number of fused-ring (bicyclic) bond motifs is 1. The number of rotatable bonds is 2. The van der Waals surface area contributed by atoms with Gasteiger partial charge in [0.25, 0.3) is 5.91 Å². The van der Waals surface area contributed by atoms with Gasteiger partial charge in [-0.1, -0.05) is 29.3 Å². The highest BCUT2D eigenvalue weighted by Crippen LogP contribution is 2.23. The summed E-state index contributed by atoms with van der Waals surface area (Å²) in [6.07, 6.45) is 0. The second-order valence-electron chi connectivity index (χ2n) is 5.43. The number of benzene rings is 2. The van der Waals surface area contributed by atoms with Crippen LogP contribution in [0, 0.1) is 0 Å². The van der Waals surface area contributed by atoms with Gasteiger partial charge in [-0.05, 0) is 30.3 Å². The number of hydrogen-bond acceptors (Lipinski definition) is 5. The number of esters is 1. The lowest BCUT2D eigenvalue weighted by Crippen LogP contribution is -2.46. The van der Waals surface area contributed by atoms with Crippen molar-refractivity contribution in [2.75, 3.05) is 5.32 Å². The van der Waals surface area contributed by atoms with E-state index in [9.17, 15) is 19.2 Å². The Morgan fingerprint density at radius 1 is 0.963 bits per heavy atom. The van der Waals surface area contributed by atoms with Crippen molar-refractivity contribution in [2.45, 2.75) is 6.61 Å². The zero-order valence-electron chi connectivity index (χ0n) is 13.5. The molecule has 0 saturated heterocycles. The molecule has 0 aliphatic carbocycles. The third kappa shape index (κ3) is 4.18. The molecule has 3 rings (SSSR count). The molecule has 10 heteroatoms. The lowest BCUT2D eigenvalue weighted by atomic mass is 10.1. The summed E-state index contributed by atoms with van der Waals surface area (Å²) >= 11 is 11.6. The maximum absolute atomic E-state index is 12.0. The molecule has 0 aromatic heterocycles. The van der Waals surface area contributed by atoms with E-state index in [1.54, 1.807) is 6.07 Å². The number of ether oxygens (including phenoxy) is 1. The van der Waals surface area contributed by atoms with Gasteiger partial charge in [0.05, 0.1) is 16.1 Å². The monoisotopic (exact) mass is 407 g/mol. The number of halogens is 2. The smallest absolute Gasteiger partial charge is 0.338 e. The number of hydrogen-bond donors (Lipinski definition) is 3. The molecule has 8 nitrogen and oxygen atoms in total. The average molecular weight is 408 g/mol. The molecule has 0 radical (unpaired) electrons. The van der Waals surface area contributed by atoms with Gasteiger partial charge in [-0.2, -0.15) is 0 Å². The molecular formula is C17H11Cl2N3O5. The number of carbonyl (C=O) groups is 4. The van der Waals surface area contributed by atoms with E-state index in [0.717, 1.165) is 0 Å². The van der Waals surface area contributed by atoms with E-state index in [1.807, 2.05) is 5.43 Å². The van der Waals surface area contributed by atoms with Crippen LogP contribution in [0.25, 0.3) is 0 Å². The molecular weight excluding hydrogens is 397 g/mol. The van der Waals surface area contributed by atoms with Crippen molar-refractivity contribution in [1.29, 1.82) is 0 Å². The van der Waals surface area contributed by atoms with E-state index >= 15 is 0 Å². The maximum atomic E-state index is 12.0. The van der Waals surface area contributed by atoms with Crippen molar-refractivity contribution >= 4 is 52.6 Å². The van der Waals surface area contributed by atoms with Gasteiger partial charge >= 0.3 is 17.8 Å². The largest absolute Gasteiger partial charge is 0.457 e. The number of nitrogens with one attached hydrogen (secondary N) is 3. The van der Waals surface area contributed by atoms with Gasteiger partial charge in [0.15, 0.2) is 0 Å². The number of cyclic esters (lactones) is 1. The van der Waals surface area contributed by atoms with Crippen LogP contribution in [-0.2, 0) is 20.9 Å². The Kier molecular flexibility index (Phi) is 5.29. The fraction of sp³-hybridized carbons (Fsp3) is 0.0588. The topological polar surface area (TPSA) is 114 Å². The van der Waals surface area contributed by atoms with Crippen molar-refractivity contribution in [3.8, 4) is 0 Å². The van der Waals surface area contributed by atoms with E-state index in [0.29, 0.717) is 16.1 Å². The van der Waals surface area contributed by atoms with Crippen LogP contribution in [0.1, 0.15) is 26.3 Å². The molecule has 1 heterocycles. The Balaban J connectivity index is 1.58. The number of hydrazine groups is 1. The fourth-order valence-corrected chi connectivity index (χ4v) is 2.78. The number of amides is 3. The van der Waals surface area contributed by atoms with Crippen molar-refractivity contribution in [1.82, 2.24) is 10.9 Å². The van der Waals surface area contributed by atoms with Gasteiger partial charge in [0.2, 0.25) is 0 Å². The summed E-state index contributed by atoms with van der Waals surface area (Å²) in [5, 5.41) is 2.75. The van der Waals surface area contributed by atoms with Gasteiger partial charge in [-0.3, -0.25) is 25.2 Å². The number of carbonyl (C=O) groups excluding carboxylic acids is 4. The van der Waals surface area contributed by atoms with E-state index < -0.39 is 23.7 Å². The van der Waals surface area contributed by atoms with Gasteiger partial charge in [-0.25, -0.2) is 4.79 Å². The molecule has 3 N–H and O–H groups in total. The summed E-state index contributed by atoms with van der Waals surface area (Å²) in [4.78, 5) is 47.3. The molecule has 0 bridgehead atoms. The third-order valence-electron chi connectivity index (χ3n) is 3.62. The first kappa shape index (κ1) is 18.7. The summed E-state index contributed by atoms with van der Waals surface area (Å²) in [5.74, 6) is -3.38. The first-order chi connectivity index (χ1) is 12.8. The Hall–Kier alpha value is -3.10. The minimum atomic E-state index is -1.11. The first-order valence-electron chi connectivity index (χ1n) is 7.52. The second-order valence-corrected chi connectivity index (χ2v) is 6.28. The van der Waals surface area contributed by atoms with E-state index in [-0.39, 0.29) is 22.9 Å². The molecule has 2 aromatic rings. The maximum Gasteiger partial charge on any atom is 0.338 e. The van der Waals surface area contributed by atoms with Gasteiger partial charge in [-0.15, -0.1) is 0 Å². The highest BCUT2D eigenvalue weighted by atomic mass is 35.5. The van der Waals surface area contributed by atoms with Crippen LogP contribution in [0.3, 0.4) is 0 Å². The molecule has 0 fully saturated rings. The zero-order chi connectivity index (χ0) is 19.6. The van der Waals surface area contributed by atoms with Gasteiger partial charge in [0, 0.05) is 16.3 Å². The summed E-state index contributed by atoms with van der Waals surface area (Å²) in [6.45, 7) is 0.169. The van der Waals surface area contributed by atoms with Crippen molar-refractivity contribution in [3.05, 3.63) is 63.1 Å². The summed E-state index contributed by atoms with van der Waals surface area (Å²) < 4.78 is 4.86. The second kappa shape index (κ2) is 7.65. The molecule has 0 saturated carbocycles. The van der Waals surface area contributed by atoms with Crippen LogP contribution in [-0.4, -0.2) is 23.7 Å². The van der Waals surface area contributed by atoms with Crippen molar-refractivity contribution in [3.63, 3.8) is 0 Å². The van der Waals surface area contributed by atoms with Crippen LogP contribution < -0.4 is 16.2 Å². The minimum Gasteiger partial charge on any atom is -0.457 e. The van der Waals surface area contributed by atoms with Crippen LogP contribution in [0.2, 0.25) is 10.0 Å². The Morgan fingerprint density at radius 3 is 2.48 bits per heavy atom. The summed E-state index contributed by atoms with van der Waals surface area (Å²) in [6, 6.07) is 8.73. The Bertz CT molecular complexity index is 977. The molecule has 0 spiro atoms. The fourth-order valence-electron chi connectivity index (χ4n) is 2.29. The zero-order valence-corrected chi connectivity index (χ0v) is 15.0. The minimum absolute atomic E-state index is 0.0684. The predicted octanol–water partition coefficient (Wildman–Crippen LogP) is 2.06. The molecule has 0 atom stereocenters. The van der Waals surface area contributed by atoms with Crippen LogP contribution in [0.4, 0.5) is 5.69 Å². The van der Waals surface area contributed by atoms with Crippen molar-refractivity contribution < 1.29 is 23.9 Å². The summed E-state index contributed by atoms with van der Waals surface area (Å²) in [7, 11) is 0. The molecule has 2 aromatic carbocycles. The highest BCUT2D eigenvalue weighted by Gasteiger charge is 2.22. The quantitative estimate of drug-likeness (QED) is 0.400. The molecule has 27 heavy (non-hydrogen) atoms. The number of anilines is 1.